The minimum absolute atomic E-state index is 0.373. The Balaban J connectivity index is 2.32. The molecule has 3 atom stereocenters. The normalized spacial score (nSPS) is 29.8. The van der Waals surface area contributed by atoms with Crippen molar-refractivity contribution in [2.45, 2.75) is 71.9 Å². The summed E-state index contributed by atoms with van der Waals surface area (Å²) in [7, 11) is 0. The van der Waals surface area contributed by atoms with Crippen molar-refractivity contribution in [3.05, 3.63) is 0 Å². The first kappa shape index (κ1) is 15.0. The quantitative estimate of drug-likeness (QED) is 0.735. The molecular weight excluding hydrogens is 210 g/mol. The van der Waals surface area contributed by atoms with Gasteiger partial charge in [0.15, 0.2) is 0 Å². The van der Waals surface area contributed by atoms with Crippen LogP contribution in [0.15, 0.2) is 0 Å². The van der Waals surface area contributed by atoms with Crippen molar-refractivity contribution in [1.82, 2.24) is 5.32 Å². The third kappa shape index (κ3) is 5.87. The van der Waals surface area contributed by atoms with E-state index >= 15 is 0 Å². The van der Waals surface area contributed by atoms with Crippen LogP contribution < -0.4 is 5.32 Å². The lowest BCUT2D eigenvalue weighted by atomic mass is 9.77. The Bertz CT molecular complexity index is 191. The summed E-state index contributed by atoms with van der Waals surface area (Å²) in [6.45, 7) is 11.0. The van der Waals surface area contributed by atoms with Gasteiger partial charge in [-0.3, -0.25) is 0 Å². The van der Waals surface area contributed by atoms with Crippen LogP contribution in [0.1, 0.15) is 59.8 Å². The molecule has 0 aromatic carbocycles. The second kappa shape index (κ2) is 8.10. The fourth-order valence-electron chi connectivity index (χ4n) is 2.87. The molecule has 2 nitrogen and oxygen atoms in total. The van der Waals surface area contributed by atoms with Crippen LogP contribution >= 0.6 is 0 Å². The van der Waals surface area contributed by atoms with Crippen LogP contribution in [0.3, 0.4) is 0 Å². The average molecular weight is 241 g/mol. The Morgan fingerprint density at radius 2 is 2.06 bits per heavy atom. The van der Waals surface area contributed by atoms with Crippen LogP contribution in [-0.2, 0) is 4.74 Å². The number of hydrogen-bond donors (Lipinski definition) is 1. The molecule has 3 unspecified atom stereocenters. The van der Waals surface area contributed by atoms with Gasteiger partial charge in [-0.2, -0.15) is 0 Å². The molecule has 0 radical (unpaired) electrons. The Hall–Kier alpha value is -0.0800. The smallest absolute Gasteiger partial charge is 0.0518 e. The van der Waals surface area contributed by atoms with Crippen LogP contribution in [0.5, 0.6) is 0 Å². The first-order chi connectivity index (χ1) is 8.13. The van der Waals surface area contributed by atoms with E-state index in [0.717, 1.165) is 24.5 Å². The second-order valence-electron chi connectivity index (χ2n) is 5.95. The van der Waals surface area contributed by atoms with Gasteiger partial charge in [-0.1, -0.05) is 13.8 Å². The molecule has 1 fully saturated rings. The minimum Gasteiger partial charge on any atom is -0.379 e. The summed E-state index contributed by atoms with van der Waals surface area (Å²) in [4.78, 5) is 0. The van der Waals surface area contributed by atoms with Crippen LogP contribution in [0, 0.1) is 11.8 Å². The van der Waals surface area contributed by atoms with Crippen LogP contribution in [0.4, 0.5) is 0 Å². The van der Waals surface area contributed by atoms with E-state index in [1.807, 2.05) is 0 Å². The summed E-state index contributed by atoms with van der Waals surface area (Å²) >= 11 is 0. The Morgan fingerprint density at radius 1 is 1.29 bits per heavy atom. The highest BCUT2D eigenvalue weighted by atomic mass is 16.5. The van der Waals surface area contributed by atoms with E-state index in [-0.39, 0.29) is 0 Å². The summed E-state index contributed by atoms with van der Waals surface area (Å²) in [6.07, 6.45) is 6.96. The van der Waals surface area contributed by atoms with E-state index in [1.54, 1.807) is 0 Å². The maximum Gasteiger partial charge on any atom is 0.0518 e. The molecule has 0 aliphatic heterocycles. The summed E-state index contributed by atoms with van der Waals surface area (Å²) < 4.78 is 5.70. The largest absolute Gasteiger partial charge is 0.379 e. The van der Waals surface area contributed by atoms with Crippen molar-refractivity contribution >= 4 is 0 Å². The summed E-state index contributed by atoms with van der Waals surface area (Å²) in [6, 6.07) is 0.738. The van der Waals surface area contributed by atoms with Crippen molar-refractivity contribution in [3.63, 3.8) is 0 Å². The zero-order chi connectivity index (χ0) is 12.7. The third-order valence-corrected chi connectivity index (χ3v) is 3.84. The van der Waals surface area contributed by atoms with Gasteiger partial charge >= 0.3 is 0 Å². The van der Waals surface area contributed by atoms with E-state index in [2.05, 4.69) is 33.0 Å². The van der Waals surface area contributed by atoms with Gasteiger partial charge in [-0.15, -0.1) is 0 Å². The predicted molar refractivity (Wildman–Crippen MR) is 74.3 cm³/mol. The van der Waals surface area contributed by atoms with Crippen LogP contribution in [0.25, 0.3) is 0 Å². The molecule has 0 heterocycles. The van der Waals surface area contributed by atoms with Crippen molar-refractivity contribution in [1.29, 1.82) is 0 Å². The molecule has 1 N–H and O–H groups in total. The van der Waals surface area contributed by atoms with Gasteiger partial charge in [-0.05, 0) is 64.3 Å². The van der Waals surface area contributed by atoms with E-state index < -0.39 is 0 Å². The molecule has 0 spiro atoms. The van der Waals surface area contributed by atoms with Gasteiger partial charge in [0.1, 0.15) is 0 Å². The lowest BCUT2D eigenvalue weighted by Gasteiger charge is -2.35. The Labute approximate surface area is 108 Å². The SMILES string of the molecule is CCCNC1CCC(C)CC1CCOC(C)C. The lowest BCUT2D eigenvalue weighted by Crippen LogP contribution is -2.41. The fourth-order valence-corrected chi connectivity index (χ4v) is 2.87. The number of nitrogens with one attached hydrogen (secondary N) is 1. The first-order valence-corrected chi connectivity index (χ1v) is 7.48. The molecule has 1 aliphatic carbocycles. The minimum atomic E-state index is 0.373. The molecule has 0 aromatic heterocycles. The maximum absolute atomic E-state index is 5.70. The number of ether oxygens (including phenoxy) is 1. The second-order valence-corrected chi connectivity index (χ2v) is 5.95. The van der Waals surface area contributed by atoms with Gasteiger partial charge in [0, 0.05) is 12.6 Å². The monoisotopic (exact) mass is 241 g/mol. The van der Waals surface area contributed by atoms with Gasteiger partial charge in [0.25, 0.3) is 0 Å². The molecule has 0 amide bonds. The molecule has 2 heteroatoms. The van der Waals surface area contributed by atoms with Gasteiger partial charge < -0.3 is 10.1 Å². The maximum atomic E-state index is 5.70. The summed E-state index contributed by atoms with van der Waals surface area (Å²) in [5.74, 6) is 1.72. The molecule has 0 aromatic rings. The zero-order valence-corrected chi connectivity index (χ0v) is 12.2. The number of rotatable bonds is 7. The molecule has 1 saturated carbocycles. The average Bonchev–Trinajstić information content (AvgIpc) is 2.27. The Kier molecular flexibility index (Phi) is 7.14. The topological polar surface area (TPSA) is 21.3 Å². The van der Waals surface area contributed by atoms with E-state index in [1.165, 1.54) is 38.6 Å². The van der Waals surface area contributed by atoms with Crippen molar-refractivity contribution in [3.8, 4) is 0 Å². The van der Waals surface area contributed by atoms with E-state index in [9.17, 15) is 0 Å². The highest BCUT2D eigenvalue weighted by molar-refractivity contribution is 4.83. The van der Waals surface area contributed by atoms with Gasteiger partial charge in [-0.25, -0.2) is 0 Å². The molecule has 102 valence electrons. The third-order valence-electron chi connectivity index (χ3n) is 3.84. The lowest BCUT2D eigenvalue weighted by molar-refractivity contribution is 0.0564. The van der Waals surface area contributed by atoms with E-state index in [0.29, 0.717) is 6.10 Å². The predicted octanol–water partition coefficient (Wildman–Crippen LogP) is 3.61. The Morgan fingerprint density at radius 3 is 2.71 bits per heavy atom. The fraction of sp³-hybridized carbons (Fsp3) is 1.00. The summed E-state index contributed by atoms with van der Waals surface area (Å²) in [5, 5.41) is 3.72. The van der Waals surface area contributed by atoms with Crippen LogP contribution in [0.2, 0.25) is 0 Å². The van der Waals surface area contributed by atoms with Crippen molar-refractivity contribution in [2.24, 2.45) is 11.8 Å². The molecule has 0 bridgehead atoms. The number of hydrogen-bond acceptors (Lipinski definition) is 2. The highest BCUT2D eigenvalue weighted by Gasteiger charge is 2.27. The standard InChI is InChI=1S/C15H31NO/c1-5-9-16-15-7-6-13(4)11-14(15)8-10-17-12(2)3/h12-16H,5-11H2,1-4H3. The first-order valence-electron chi connectivity index (χ1n) is 7.48. The molecule has 1 rings (SSSR count). The summed E-state index contributed by atoms with van der Waals surface area (Å²) in [5.41, 5.74) is 0. The van der Waals surface area contributed by atoms with Crippen LogP contribution in [-0.4, -0.2) is 25.3 Å². The highest BCUT2D eigenvalue weighted by Crippen LogP contribution is 2.31. The van der Waals surface area contributed by atoms with Gasteiger partial charge in [0.2, 0.25) is 0 Å². The van der Waals surface area contributed by atoms with E-state index in [4.69, 9.17) is 4.74 Å². The molecule has 0 saturated heterocycles. The zero-order valence-electron chi connectivity index (χ0n) is 12.2. The van der Waals surface area contributed by atoms with Gasteiger partial charge in [0.05, 0.1) is 6.10 Å². The van der Waals surface area contributed by atoms with Crippen molar-refractivity contribution in [2.75, 3.05) is 13.2 Å². The molecule has 1 aliphatic rings. The molecular formula is C15H31NO. The molecule has 17 heavy (non-hydrogen) atoms. The van der Waals surface area contributed by atoms with Crippen molar-refractivity contribution < 1.29 is 4.74 Å².